The van der Waals surface area contributed by atoms with E-state index in [0.717, 1.165) is 17.4 Å². The van der Waals surface area contributed by atoms with Crippen molar-refractivity contribution in [3.63, 3.8) is 0 Å². The van der Waals surface area contributed by atoms with Crippen molar-refractivity contribution in [2.24, 2.45) is 0 Å². The van der Waals surface area contributed by atoms with Crippen molar-refractivity contribution < 1.29 is 4.52 Å². The maximum Gasteiger partial charge on any atom is 0.438 e. The van der Waals surface area contributed by atoms with Gasteiger partial charge in [0.05, 0.1) is 0 Å². The van der Waals surface area contributed by atoms with Crippen LogP contribution in [-0.2, 0) is 10.8 Å². The third-order valence-corrected chi connectivity index (χ3v) is 2.84. The fraction of sp³-hybridized carbons (Fsp3) is 0.714. The summed E-state index contributed by atoms with van der Waals surface area (Å²) in [6, 6.07) is 0. The van der Waals surface area contributed by atoms with E-state index >= 15 is 0 Å². The minimum atomic E-state index is -0.495. The van der Waals surface area contributed by atoms with Crippen molar-refractivity contribution in [1.29, 1.82) is 0 Å². The minimum Gasteiger partial charge on any atom is -0.299 e. The van der Waals surface area contributed by atoms with Gasteiger partial charge < -0.3 is 0 Å². The molecule has 0 aliphatic rings. The van der Waals surface area contributed by atoms with Crippen molar-refractivity contribution in [1.82, 2.24) is 19.5 Å². The molecule has 0 aliphatic carbocycles. The zero-order chi connectivity index (χ0) is 15.6. The molecule has 2 aromatic rings. The molecule has 22 heavy (non-hydrogen) atoms. The average molecular weight is 332 g/mol. The Hall–Kier alpha value is -1.70. The predicted octanol–water partition coefficient (Wildman–Crippen LogP) is 3.06. The molecule has 0 unspecified atom stereocenters. The number of rotatable bonds is 0. The summed E-state index contributed by atoms with van der Waals surface area (Å²) >= 11 is 0.970. The van der Waals surface area contributed by atoms with E-state index in [-0.39, 0.29) is 30.6 Å². The Bertz CT molecular complexity index is 594. The zero-order valence-electron chi connectivity index (χ0n) is 12.5. The van der Waals surface area contributed by atoms with Gasteiger partial charge >= 0.3 is 10.6 Å². The van der Waals surface area contributed by atoms with Crippen LogP contribution in [0.25, 0.3) is 0 Å². The quantitative estimate of drug-likeness (QED) is 0.771. The van der Waals surface area contributed by atoms with E-state index in [4.69, 9.17) is 0 Å². The molecule has 0 saturated heterocycles. The van der Waals surface area contributed by atoms with Crippen molar-refractivity contribution in [3.8, 4) is 0 Å². The lowest BCUT2D eigenvalue weighted by molar-refractivity contribution is 0.369. The van der Waals surface area contributed by atoms with Crippen molar-refractivity contribution in [3.05, 3.63) is 31.9 Å². The number of nitrogens with one attached hydrogen (secondary N) is 2. The molecule has 7 nitrogen and oxygen atoms in total. The first-order valence-corrected chi connectivity index (χ1v) is 6.90. The summed E-state index contributed by atoms with van der Waals surface area (Å²) in [6.45, 7) is 11.9. The maximum atomic E-state index is 10.6. The molecule has 2 aromatic heterocycles. The highest BCUT2D eigenvalue weighted by atomic mass is 32.1. The summed E-state index contributed by atoms with van der Waals surface area (Å²) < 4.78 is 8.29. The van der Waals surface area contributed by atoms with Crippen LogP contribution in [0.15, 0.2) is 14.1 Å². The van der Waals surface area contributed by atoms with Gasteiger partial charge in [0.15, 0.2) is 5.82 Å². The van der Waals surface area contributed by atoms with Crippen LogP contribution < -0.4 is 10.6 Å². The molecular formula is C14H28N4O3S. The van der Waals surface area contributed by atoms with Crippen molar-refractivity contribution >= 4 is 11.5 Å². The van der Waals surface area contributed by atoms with E-state index in [1.54, 1.807) is 0 Å². The number of aromatic amines is 2. The summed E-state index contributed by atoms with van der Waals surface area (Å²) in [5.41, 5.74) is -0.189. The van der Waals surface area contributed by atoms with E-state index in [2.05, 4.69) is 24.0 Å². The molecule has 8 heteroatoms. The number of nitrogens with zero attached hydrogens (tertiary/aromatic N) is 2. The number of hydrogen-bond acceptors (Lipinski definition) is 6. The van der Waals surface area contributed by atoms with Crippen molar-refractivity contribution in [2.75, 3.05) is 0 Å². The number of hydrogen-bond donors (Lipinski definition) is 2. The highest BCUT2D eigenvalue weighted by Gasteiger charge is 2.18. The molecule has 0 aliphatic heterocycles. The van der Waals surface area contributed by atoms with Crippen LogP contribution in [0.5, 0.6) is 0 Å². The zero-order valence-corrected chi connectivity index (χ0v) is 13.3. The van der Waals surface area contributed by atoms with Gasteiger partial charge in [-0.15, -0.1) is 0 Å². The molecule has 0 spiro atoms. The lowest BCUT2D eigenvalue weighted by atomic mass is 9.96. The van der Waals surface area contributed by atoms with Crippen LogP contribution in [0.1, 0.15) is 68.0 Å². The Morgan fingerprint density at radius 2 is 1.41 bits per heavy atom. The minimum absolute atomic E-state index is 0. The van der Waals surface area contributed by atoms with Gasteiger partial charge in [-0.3, -0.25) is 19.3 Å². The third kappa shape index (κ3) is 6.84. The summed E-state index contributed by atoms with van der Waals surface area (Å²) in [4.78, 5) is 26.2. The van der Waals surface area contributed by atoms with Crippen molar-refractivity contribution in [2.45, 2.75) is 67.2 Å². The van der Waals surface area contributed by atoms with E-state index < -0.39 is 5.76 Å². The Morgan fingerprint density at radius 1 is 0.909 bits per heavy atom. The van der Waals surface area contributed by atoms with E-state index in [1.807, 2.05) is 41.5 Å². The van der Waals surface area contributed by atoms with Gasteiger partial charge in [0.1, 0.15) is 5.82 Å². The van der Waals surface area contributed by atoms with Gasteiger partial charge in [0.25, 0.3) is 0 Å². The third-order valence-electron chi connectivity index (χ3n) is 2.30. The molecule has 0 bridgehead atoms. The maximum absolute atomic E-state index is 10.6. The first-order chi connectivity index (χ1) is 9.00. The second kappa shape index (κ2) is 8.07. The van der Waals surface area contributed by atoms with Gasteiger partial charge in [0, 0.05) is 22.4 Å². The Labute approximate surface area is 135 Å². The van der Waals surface area contributed by atoms with Crippen LogP contribution in [0.4, 0.5) is 0 Å². The molecule has 0 fully saturated rings. The normalized spacial score (nSPS) is 10.8. The number of aromatic nitrogens is 4. The average Bonchev–Trinajstić information content (AvgIpc) is 2.85. The predicted molar refractivity (Wildman–Crippen MR) is 90.7 cm³/mol. The molecule has 0 atom stereocenters. The fourth-order valence-corrected chi connectivity index (χ4v) is 1.74. The SMILES string of the molecule is C.C.CC(C)(C)c1noc(=O)[nH]1.CC(C)(C)c1nsc(=O)[nH]1. The topological polar surface area (TPSA) is 105 Å². The van der Waals surface area contributed by atoms with Crippen LogP contribution >= 0.6 is 11.5 Å². The first kappa shape index (κ1) is 22.6. The molecule has 0 amide bonds. The van der Waals surface area contributed by atoms with Crippen LogP contribution in [0.3, 0.4) is 0 Å². The van der Waals surface area contributed by atoms with Gasteiger partial charge in [0.2, 0.25) is 0 Å². The monoisotopic (exact) mass is 332 g/mol. The lowest BCUT2D eigenvalue weighted by Gasteiger charge is -2.12. The summed E-state index contributed by atoms with van der Waals surface area (Å²) in [7, 11) is 0. The second-order valence-electron chi connectivity index (χ2n) is 6.39. The van der Waals surface area contributed by atoms with E-state index in [1.165, 1.54) is 0 Å². The summed E-state index contributed by atoms with van der Waals surface area (Å²) in [5.74, 6) is 0.852. The number of H-pyrrole nitrogens is 2. The summed E-state index contributed by atoms with van der Waals surface area (Å²) in [6.07, 6.45) is 0. The molecule has 2 heterocycles. The van der Waals surface area contributed by atoms with Crippen LogP contribution in [-0.4, -0.2) is 19.5 Å². The lowest BCUT2D eigenvalue weighted by Crippen LogP contribution is -2.14. The van der Waals surface area contributed by atoms with Crippen LogP contribution in [0, 0.1) is 0 Å². The summed E-state index contributed by atoms with van der Waals surface area (Å²) in [5, 5.41) is 3.54. The van der Waals surface area contributed by atoms with Gasteiger partial charge in [-0.2, -0.15) is 4.37 Å². The second-order valence-corrected chi connectivity index (χ2v) is 7.12. The Balaban J connectivity index is 0. The highest BCUT2D eigenvalue weighted by Crippen LogP contribution is 2.16. The van der Waals surface area contributed by atoms with Gasteiger partial charge in [-0.1, -0.05) is 61.6 Å². The standard InChI is InChI=1S/C6H10N2O2.C6H10N2OS.2CH4/c2*1-6(2,3)4-7-5(9)10-8-4;;/h2*1-3H3,(H,7,8,9);2*1H4. The van der Waals surface area contributed by atoms with Gasteiger partial charge in [-0.25, -0.2) is 4.79 Å². The molecule has 0 saturated carbocycles. The smallest absolute Gasteiger partial charge is 0.299 e. The largest absolute Gasteiger partial charge is 0.438 e. The molecular weight excluding hydrogens is 304 g/mol. The molecule has 2 N–H and O–H groups in total. The highest BCUT2D eigenvalue weighted by molar-refractivity contribution is 7.02. The van der Waals surface area contributed by atoms with Crippen LogP contribution in [0.2, 0.25) is 0 Å². The Morgan fingerprint density at radius 3 is 1.59 bits per heavy atom. The Kier molecular flexibility index (Phi) is 8.28. The van der Waals surface area contributed by atoms with E-state index in [0.29, 0.717) is 5.82 Å². The molecule has 0 radical (unpaired) electrons. The first-order valence-electron chi connectivity index (χ1n) is 6.13. The fourth-order valence-electron chi connectivity index (χ4n) is 1.11. The van der Waals surface area contributed by atoms with Gasteiger partial charge in [-0.05, 0) is 0 Å². The molecule has 0 aromatic carbocycles. The van der Waals surface area contributed by atoms with E-state index in [9.17, 15) is 9.59 Å². The molecule has 128 valence electrons. The molecule has 2 rings (SSSR count).